The molecule has 2 fully saturated rings. The summed E-state index contributed by atoms with van der Waals surface area (Å²) in [6.07, 6.45) is 17.3. The van der Waals surface area contributed by atoms with E-state index in [-0.39, 0.29) is 5.41 Å². The normalized spacial score (nSPS) is 33.1. The number of hydrogen-bond acceptors (Lipinski definition) is 3. The minimum atomic E-state index is -0.0758. The number of nitriles is 1. The molecule has 3 heteroatoms. The van der Waals surface area contributed by atoms with Crippen LogP contribution in [-0.2, 0) is 9.47 Å². The van der Waals surface area contributed by atoms with E-state index in [4.69, 9.17) is 9.47 Å². The van der Waals surface area contributed by atoms with Crippen LogP contribution in [0.25, 0.3) is 0 Å². The van der Waals surface area contributed by atoms with Crippen molar-refractivity contribution in [2.45, 2.75) is 116 Å². The lowest BCUT2D eigenvalue weighted by molar-refractivity contribution is -0.137. The maximum atomic E-state index is 9.56. The molecule has 2 aliphatic carbocycles. The van der Waals surface area contributed by atoms with Gasteiger partial charge in [0.25, 0.3) is 0 Å². The van der Waals surface area contributed by atoms with E-state index in [9.17, 15) is 5.26 Å². The molecule has 25 heavy (non-hydrogen) atoms. The fourth-order valence-corrected chi connectivity index (χ4v) is 4.56. The van der Waals surface area contributed by atoms with Crippen molar-refractivity contribution in [3.63, 3.8) is 0 Å². The van der Waals surface area contributed by atoms with E-state index in [0.29, 0.717) is 19.0 Å². The summed E-state index contributed by atoms with van der Waals surface area (Å²) in [6, 6.07) is 2.61. The molecule has 0 N–H and O–H groups in total. The molecule has 0 saturated heterocycles. The summed E-state index contributed by atoms with van der Waals surface area (Å²) in [7, 11) is 0. The molecule has 0 aromatic heterocycles. The molecule has 0 atom stereocenters. The van der Waals surface area contributed by atoms with Gasteiger partial charge in [-0.25, -0.2) is 0 Å². The Labute approximate surface area is 155 Å². The number of nitrogens with zero attached hydrogens (tertiary/aromatic N) is 1. The minimum Gasteiger partial charge on any atom is -0.352 e. The van der Waals surface area contributed by atoms with Crippen molar-refractivity contribution < 1.29 is 9.47 Å². The van der Waals surface area contributed by atoms with E-state index in [1.54, 1.807) is 0 Å². The first-order valence-corrected chi connectivity index (χ1v) is 10.9. The van der Waals surface area contributed by atoms with Gasteiger partial charge in [-0.3, -0.25) is 0 Å². The fourth-order valence-electron chi connectivity index (χ4n) is 4.56. The maximum absolute atomic E-state index is 9.56. The van der Waals surface area contributed by atoms with Gasteiger partial charge in [0, 0.05) is 0 Å². The minimum absolute atomic E-state index is 0.0758. The first-order valence-electron chi connectivity index (χ1n) is 10.9. The summed E-state index contributed by atoms with van der Waals surface area (Å²) >= 11 is 0. The van der Waals surface area contributed by atoms with Crippen molar-refractivity contribution in [2.24, 2.45) is 11.3 Å². The van der Waals surface area contributed by atoms with Gasteiger partial charge in [-0.1, -0.05) is 46.0 Å². The molecule has 0 radical (unpaired) electrons. The molecule has 2 saturated carbocycles. The summed E-state index contributed by atoms with van der Waals surface area (Å²) in [4.78, 5) is 0. The Kier molecular flexibility index (Phi) is 9.28. The Balaban J connectivity index is 1.57. The number of hydrogen-bond donors (Lipinski definition) is 0. The van der Waals surface area contributed by atoms with E-state index in [1.165, 1.54) is 57.8 Å². The predicted octanol–water partition coefficient (Wildman–Crippen LogP) is 6.37. The second-order valence-electron chi connectivity index (χ2n) is 8.43. The highest BCUT2D eigenvalue weighted by Crippen LogP contribution is 2.41. The van der Waals surface area contributed by atoms with Gasteiger partial charge in [0.1, 0.15) is 6.79 Å². The third-order valence-electron chi connectivity index (χ3n) is 6.50. The van der Waals surface area contributed by atoms with E-state index >= 15 is 0 Å². The van der Waals surface area contributed by atoms with Crippen LogP contribution >= 0.6 is 0 Å². The van der Waals surface area contributed by atoms with Crippen LogP contribution in [0.15, 0.2) is 0 Å². The molecular weight excluding hydrogens is 310 g/mol. The lowest BCUT2D eigenvalue weighted by atomic mass is 9.71. The van der Waals surface area contributed by atoms with Crippen molar-refractivity contribution >= 4 is 0 Å². The summed E-state index contributed by atoms with van der Waals surface area (Å²) < 4.78 is 12.0. The quantitative estimate of drug-likeness (QED) is 0.430. The molecule has 0 aliphatic heterocycles. The van der Waals surface area contributed by atoms with Crippen molar-refractivity contribution in [1.82, 2.24) is 0 Å². The molecule has 0 heterocycles. The highest BCUT2D eigenvalue weighted by molar-refractivity contribution is 5.01. The topological polar surface area (TPSA) is 42.2 Å². The van der Waals surface area contributed by atoms with Gasteiger partial charge in [0.2, 0.25) is 0 Å². The summed E-state index contributed by atoms with van der Waals surface area (Å²) in [5, 5.41) is 9.56. The van der Waals surface area contributed by atoms with Crippen LogP contribution in [0.3, 0.4) is 0 Å². The van der Waals surface area contributed by atoms with Crippen LogP contribution in [0.4, 0.5) is 0 Å². The molecule has 3 nitrogen and oxygen atoms in total. The molecule has 2 aliphatic rings. The summed E-state index contributed by atoms with van der Waals surface area (Å²) in [6.45, 7) is 4.93. The Morgan fingerprint density at radius 1 is 0.880 bits per heavy atom. The van der Waals surface area contributed by atoms with E-state index in [0.717, 1.165) is 38.0 Å². The lowest BCUT2D eigenvalue weighted by Gasteiger charge is -2.35. The number of ether oxygens (including phenoxy) is 2. The van der Waals surface area contributed by atoms with E-state index < -0.39 is 0 Å². The third-order valence-corrected chi connectivity index (χ3v) is 6.50. The Bertz CT molecular complexity index is 387. The maximum Gasteiger partial charge on any atom is 0.147 e. The monoisotopic (exact) mass is 349 g/mol. The molecule has 0 bridgehead atoms. The van der Waals surface area contributed by atoms with Gasteiger partial charge in [0.15, 0.2) is 0 Å². The number of unbranched alkanes of at least 4 members (excludes halogenated alkanes) is 2. The first-order chi connectivity index (χ1) is 12.2. The van der Waals surface area contributed by atoms with E-state index in [1.807, 2.05) is 0 Å². The first kappa shape index (κ1) is 20.7. The summed E-state index contributed by atoms with van der Waals surface area (Å²) in [5.74, 6) is 0.932. The molecule has 0 amide bonds. The zero-order chi connectivity index (χ0) is 18.0. The van der Waals surface area contributed by atoms with Gasteiger partial charge in [0.05, 0.1) is 23.7 Å². The molecule has 2 rings (SSSR count). The zero-order valence-electron chi connectivity index (χ0n) is 16.6. The Morgan fingerprint density at radius 3 is 2.04 bits per heavy atom. The van der Waals surface area contributed by atoms with Gasteiger partial charge in [-0.15, -0.1) is 0 Å². The molecule has 0 aromatic rings. The Morgan fingerprint density at radius 2 is 1.48 bits per heavy atom. The highest BCUT2D eigenvalue weighted by Gasteiger charge is 2.35. The fraction of sp³-hybridized carbons (Fsp3) is 0.955. The largest absolute Gasteiger partial charge is 0.352 e. The van der Waals surface area contributed by atoms with Gasteiger partial charge >= 0.3 is 0 Å². The SMILES string of the molecule is CCCCC1CCC(OCOC2CCC(C#N)(CCCC)CC2)CC1. The van der Waals surface area contributed by atoms with Crippen LogP contribution < -0.4 is 0 Å². The van der Waals surface area contributed by atoms with Crippen molar-refractivity contribution in [2.75, 3.05) is 6.79 Å². The highest BCUT2D eigenvalue weighted by atomic mass is 16.7. The van der Waals surface area contributed by atoms with E-state index in [2.05, 4.69) is 19.9 Å². The van der Waals surface area contributed by atoms with Crippen LogP contribution in [0, 0.1) is 22.7 Å². The zero-order valence-corrected chi connectivity index (χ0v) is 16.6. The average Bonchev–Trinajstić information content (AvgIpc) is 2.67. The standard InChI is InChI=1S/C22H39NO2/c1-3-5-7-19-8-10-20(11-9-19)24-18-25-21-12-15-22(17-23,16-13-21)14-6-4-2/h19-21H,3-16,18H2,1-2H3. The van der Waals surface area contributed by atoms with Crippen molar-refractivity contribution in [3.05, 3.63) is 0 Å². The van der Waals surface area contributed by atoms with Crippen molar-refractivity contribution in [1.29, 1.82) is 5.26 Å². The van der Waals surface area contributed by atoms with Crippen LogP contribution in [0.5, 0.6) is 0 Å². The second-order valence-corrected chi connectivity index (χ2v) is 8.43. The molecule has 0 unspecified atom stereocenters. The molecule has 0 aromatic carbocycles. The van der Waals surface area contributed by atoms with Gasteiger partial charge < -0.3 is 9.47 Å². The van der Waals surface area contributed by atoms with Crippen molar-refractivity contribution in [3.8, 4) is 6.07 Å². The van der Waals surface area contributed by atoms with Crippen LogP contribution in [-0.4, -0.2) is 19.0 Å². The molecule has 0 spiro atoms. The van der Waals surface area contributed by atoms with Crippen LogP contribution in [0.1, 0.15) is 104 Å². The Hall–Kier alpha value is -0.590. The lowest BCUT2D eigenvalue weighted by Crippen LogP contribution is -2.31. The second kappa shape index (κ2) is 11.2. The van der Waals surface area contributed by atoms with Gasteiger partial charge in [-0.2, -0.15) is 5.26 Å². The molecule has 144 valence electrons. The van der Waals surface area contributed by atoms with Crippen LogP contribution in [0.2, 0.25) is 0 Å². The number of rotatable bonds is 10. The third kappa shape index (κ3) is 6.91. The average molecular weight is 350 g/mol. The summed E-state index contributed by atoms with van der Waals surface area (Å²) in [5.41, 5.74) is -0.0758. The van der Waals surface area contributed by atoms with Gasteiger partial charge in [-0.05, 0) is 63.7 Å². The smallest absolute Gasteiger partial charge is 0.147 e. The molecular formula is C22H39NO2. The predicted molar refractivity (Wildman–Crippen MR) is 102 cm³/mol.